The standard InChI is InChI=1S/C28H25N3O3/c1-30-15-21(19-9-2-4-11-23(19)30)25-26(28(34)29-27(25)33)22-16-31(24-12-5-3-10-20(22)24)17-7-6-8-18(32)14-13-17/h2-5,9-18,32H,6-8H2,1H3,(H,29,33,34). The minimum absolute atomic E-state index is 0.0672. The molecule has 2 aromatic heterocycles. The second kappa shape index (κ2) is 7.85. The predicted molar refractivity (Wildman–Crippen MR) is 133 cm³/mol. The van der Waals surface area contributed by atoms with E-state index in [9.17, 15) is 14.7 Å². The molecule has 2 N–H and O–H groups in total. The molecule has 2 aromatic carbocycles. The monoisotopic (exact) mass is 451 g/mol. The molecule has 2 unspecified atom stereocenters. The van der Waals surface area contributed by atoms with Crippen molar-refractivity contribution in [3.63, 3.8) is 0 Å². The van der Waals surface area contributed by atoms with Crippen molar-refractivity contribution in [2.75, 3.05) is 0 Å². The van der Waals surface area contributed by atoms with Crippen LogP contribution in [0.1, 0.15) is 36.4 Å². The van der Waals surface area contributed by atoms with Crippen molar-refractivity contribution >= 4 is 44.8 Å². The molecule has 3 heterocycles. The number of aryl methyl sites for hydroxylation is 1. The first-order valence-electron chi connectivity index (χ1n) is 11.6. The van der Waals surface area contributed by atoms with E-state index in [1.165, 1.54) is 0 Å². The fraction of sp³-hybridized carbons (Fsp3) is 0.214. The smallest absolute Gasteiger partial charge is 0.259 e. The molecule has 0 saturated carbocycles. The van der Waals surface area contributed by atoms with E-state index in [1.54, 1.807) is 0 Å². The van der Waals surface area contributed by atoms with Gasteiger partial charge in [0, 0.05) is 52.4 Å². The van der Waals surface area contributed by atoms with Gasteiger partial charge in [-0.15, -0.1) is 0 Å². The molecule has 6 heteroatoms. The maximum Gasteiger partial charge on any atom is 0.259 e. The zero-order chi connectivity index (χ0) is 23.4. The van der Waals surface area contributed by atoms with Crippen molar-refractivity contribution in [3.05, 3.63) is 84.2 Å². The van der Waals surface area contributed by atoms with Crippen LogP contribution < -0.4 is 5.32 Å². The predicted octanol–water partition coefficient (Wildman–Crippen LogP) is 4.34. The molecule has 1 aliphatic carbocycles. The molecule has 0 radical (unpaired) electrons. The maximum absolute atomic E-state index is 13.2. The highest BCUT2D eigenvalue weighted by molar-refractivity contribution is 6.50. The molecule has 1 aliphatic heterocycles. The lowest BCUT2D eigenvalue weighted by molar-refractivity contribution is -0.122. The summed E-state index contributed by atoms with van der Waals surface area (Å²) in [6.07, 6.45) is 9.95. The van der Waals surface area contributed by atoms with Crippen LogP contribution in [0, 0.1) is 0 Å². The van der Waals surface area contributed by atoms with Gasteiger partial charge in [-0.1, -0.05) is 48.6 Å². The van der Waals surface area contributed by atoms with Crippen LogP contribution in [-0.4, -0.2) is 32.2 Å². The molecule has 0 bridgehead atoms. The lowest BCUT2D eigenvalue weighted by Gasteiger charge is -2.15. The Labute approximate surface area is 196 Å². The molecule has 0 fully saturated rings. The lowest BCUT2D eigenvalue weighted by Crippen LogP contribution is -2.22. The van der Waals surface area contributed by atoms with Crippen LogP contribution in [0.25, 0.3) is 33.0 Å². The molecule has 2 amide bonds. The number of aliphatic hydroxyl groups is 1. The number of para-hydroxylation sites is 2. The molecule has 2 aliphatic rings. The van der Waals surface area contributed by atoms with Gasteiger partial charge in [0.05, 0.1) is 23.3 Å². The number of fused-ring (bicyclic) bond motifs is 2. The molecule has 4 aromatic rings. The van der Waals surface area contributed by atoms with Gasteiger partial charge in [-0.3, -0.25) is 14.9 Å². The van der Waals surface area contributed by atoms with E-state index >= 15 is 0 Å². The van der Waals surface area contributed by atoms with Crippen LogP contribution in [0.3, 0.4) is 0 Å². The molecular weight excluding hydrogens is 426 g/mol. The Hall–Kier alpha value is -3.90. The molecule has 6 rings (SSSR count). The number of benzene rings is 2. The van der Waals surface area contributed by atoms with Crippen molar-refractivity contribution in [1.82, 2.24) is 14.5 Å². The van der Waals surface area contributed by atoms with Gasteiger partial charge in [0.1, 0.15) is 0 Å². The van der Waals surface area contributed by atoms with Crippen LogP contribution in [0.2, 0.25) is 0 Å². The summed E-state index contributed by atoms with van der Waals surface area (Å²) in [5.41, 5.74) is 4.33. The number of nitrogens with zero attached hydrogens (tertiary/aromatic N) is 2. The summed E-state index contributed by atoms with van der Waals surface area (Å²) >= 11 is 0. The molecule has 34 heavy (non-hydrogen) atoms. The summed E-state index contributed by atoms with van der Waals surface area (Å²) in [6.45, 7) is 0. The van der Waals surface area contributed by atoms with E-state index in [0.717, 1.165) is 52.2 Å². The Morgan fingerprint density at radius 2 is 1.44 bits per heavy atom. The van der Waals surface area contributed by atoms with Crippen LogP contribution in [0.4, 0.5) is 0 Å². The fourth-order valence-corrected chi connectivity index (χ4v) is 5.41. The van der Waals surface area contributed by atoms with Crippen LogP contribution in [0.5, 0.6) is 0 Å². The van der Waals surface area contributed by atoms with Gasteiger partial charge in [0.25, 0.3) is 11.8 Å². The number of hydrogen-bond donors (Lipinski definition) is 2. The number of imide groups is 1. The quantitative estimate of drug-likeness (QED) is 0.359. The Balaban J connectivity index is 1.61. The third-order valence-electron chi connectivity index (χ3n) is 7.02. The van der Waals surface area contributed by atoms with Gasteiger partial charge < -0.3 is 14.2 Å². The zero-order valence-electron chi connectivity index (χ0n) is 18.9. The molecule has 2 atom stereocenters. The average molecular weight is 452 g/mol. The lowest BCUT2D eigenvalue weighted by atomic mass is 9.95. The Bertz CT molecular complexity index is 1540. The van der Waals surface area contributed by atoms with E-state index < -0.39 is 6.10 Å². The van der Waals surface area contributed by atoms with Gasteiger partial charge in [-0.05, 0) is 31.4 Å². The third-order valence-corrected chi connectivity index (χ3v) is 7.02. The Morgan fingerprint density at radius 1 is 0.824 bits per heavy atom. The summed E-state index contributed by atoms with van der Waals surface area (Å²) in [6, 6.07) is 15.9. The molecule has 0 spiro atoms. The Morgan fingerprint density at radius 3 is 2.18 bits per heavy atom. The van der Waals surface area contributed by atoms with Crippen LogP contribution >= 0.6 is 0 Å². The van der Waals surface area contributed by atoms with E-state index in [0.29, 0.717) is 11.1 Å². The minimum Gasteiger partial charge on any atom is -0.389 e. The average Bonchev–Trinajstić information content (AvgIpc) is 3.40. The first-order valence-corrected chi connectivity index (χ1v) is 11.6. The summed E-state index contributed by atoms with van der Waals surface area (Å²) in [7, 11) is 1.94. The first-order chi connectivity index (χ1) is 16.5. The number of allylic oxidation sites excluding steroid dienone is 1. The zero-order valence-corrected chi connectivity index (χ0v) is 18.9. The van der Waals surface area contributed by atoms with Crippen molar-refractivity contribution < 1.29 is 14.7 Å². The number of carbonyl (C=O) groups is 2. The van der Waals surface area contributed by atoms with Gasteiger partial charge in [0.2, 0.25) is 0 Å². The van der Waals surface area contributed by atoms with E-state index in [4.69, 9.17) is 0 Å². The van der Waals surface area contributed by atoms with Gasteiger partial charge in [0.15, 0.2) is 0 Å². The highest BCUT2D eigenvalue weighted by Gasteiger charge is 2.35. The number of rotatable bonds is 3. The highest BCUT2D eigenvalue weighted by Crippen LogP contribution is 2.40. The largest absolute Gasteiger partial charge is 0.389 e. The number of aliphatic hydroxyl groups excluding tert-OH is 1. The molecule has 6 nitrogen and oxygen atoms in total. The van der Waals surface area contributed by atoms with Crippen LogP contribution in [-0.2, 0) is 16.6 Å². The number of hydrogen-bond acceptors (Lipinski definition) is 3. The molecule has 170 valence electrons. The first kappa shape index (κ1) is 20.7. The summed E-state index contributed by atoms with van der Waals surface area (Å²) < 4.78 is 4.15. The fourth-order valence-electron chi connectivity index (χ4n) is 5.41. The normalized spacial score (nSPS) is 21.0. The summed E-state index contributed by atoms with van der Waals surface area (Å²) in [5.74, 6) is -0.742. The number of nitrogens with one attached hydrogen (secondary N) is 1. The van der Waals surface area contributed by atoms with Gasteiger partial charge in [-0.2, -0.15) is 0 Å². The second-order valence-electron chi connectivity index (χ2n) is 9.12. The van der Waals surface area contributed by atoms with Crippen LogP contribution in [0.15, 0.2) is 73.1 Å². The number of carbonyl (C=O) groups excluding carboxylic acids is 2. The van der Waals surface area contributed by atoms with Crippen molar-refractivity contribution in [2.45, 2.75) is 31.4 Å². The van der Waals surface area contributed by atoms with Crippen molar-refractivity contribution in [2.24, 2.45) is 7.05 Å². The third kappa shape index (κ3) is 3.14. The summed E-state index contributed by atoms with van der Waals surface area (Å²) in [4.78, 5) is 26.3. The number of aromatic nitrogens is 2. The highest BCUT2D eigenvalue weighted by atomic mass is 16.3. The Kier molecular flexibility index (Phi) is 4.78. The maximum atomic E-state index is 13.2. The van der Waals surface area contributed by atoms with Gasteiger partial charge >= 0.3 is 0 Å². The van der Waals surface area contributed by atoms with E-state index in [1.807, 2.05) is 84.7 Å². The van der Waals surface area contributed by atoms with Gasteiger partial charge in [-0.25, -0.2) is 0 Å². The minimum atomic E-state index is -0.426. The molecule has 0 saturated heterocycles. The van der Waals surface area contributed by atoms with Crippen molar-refractivity contribution in [1.29, 1.82) is 0 Å². The number of amides is 2. The SMILES string of the molecule is Cn1cc(C2=C(c3cn(C4C=CC(O)CCC4)c4ccccc34)C(=O)NC2=O)c2ccccc21. The topological polar surface area (TPSA) is 76.3 Å². The second-order valence-corrected chi connectivity index (χ2v) is 9.12. The van der Waals surface area contributed by atoms with E-state index in [-0.39, 0.29) is 17.9 Å². The summed E-state index contributed by atoms with van der Waals surface area (Å²) in [5, 5.41) is 14.5. The van der Waals surface area contributed by atoms with E-state index in [2.05, 4.69) is 9.88 Å². The van der Waals surface area contributed by atoms with Crippen molar-refractivity contribution in [3.8, 4) is 0 Å². The molecular formula is C28H25N3O3.